The molecular weight excluding hydrogens is 432 g/mol. The molecule has 0 fully saturated rings. The van der Waals surface area contributed by atoms with E-state index in [9.17, 15) is 18.0 Å². The first kappa shape index (κ1) is 25.4. The maximum atomic E-state index is 12.3. The van der Waals surface area contributed by atoms with E-state index < -0.39 is 10.0 Å². The Kier molecular flexibility index (Phi) is 9.22. The van der Waals surface area contributed by atoms with Crippen LogP contribution >= 0.6 is 0 Å². The first-order valence-corrected chi connectivity index (χ1v) is 11.9. The highest BCUT2D eigenvalue weighted by Crippen LogP contribution is 2.22. The summed E-state index contributed by atoms with van der Waals surface area (Å²) in [4.78, 5) is 23.9. The number of carbonyl (C=O) groups excluding carboxylic acids is 2. The summed E-state index contributed by atoms with van der Waals surface area (Å²) in [6, 6.07) is 11.4. The highest BCUT2D eigenvalue weighted by molar-refractivity contribution is 7.89. The molecule has 32 heavy (non-hydrogen) atoms. The van der Waals surface area contributed by atoms with Crippen molar-refractivity contribution in [3.63, 3.8) is 0 Å². The molecule has 0 aliphatic heterocycles. The summed E-state index contributed by atoms with van der Waals surface area (Å²) >= 11 is 0. The Morgan fingerprint density at radius 2 is 1.75 bits per heavy atom. The Hall–Kier alpha value is -2.91. The van der Waals surface area contributed by atoms with Crippen molar-refractivity contribution in [1.29, 1.82) is 0 Å². The van der Waals surface area contributed by atoms with Gasteiger partial charge in [0.1, 0.15) is 5.75 Å². The van der Waals surface area contributed by atoms with Crippen molar-refractivity contribution < 1.29 is 27.5 Å². The van der Waals surface area contributed by atoms with Gasteiger partial charge in [-0.25, -0.2) is 13.1 Å². The van der Waals surface area contributed by atoms with Crippen LogP contribution < -0.4 is 14.8 Å². The topological polar surface area (TPSA) is 111 Å². The van der Waals surface area contributed by atoms with Gasteiger partial charge in [-0.1, -0.05) is 26.0 Å². The number of sulfonamides is 1. The molecule has 0 aliphatic rings. The first-order valence-electron chi connectivity index (χ1n) is 10.4. The van der Waals surface area contributed by atoms with E-state index in [1.54, 1.807) is 38.1 Å². The van der Waals surface area contributed by atoms with Crippen molar-refractivity contribution in [1.82, 2.24) is 4.72 Å². The number of nitrogens with one attached hydrogen (secondary N) is 2. The maximum absolute atomic E-state index is 12.3. The van der Waals surface area contributed by atoms with E-state index in [0.29, 0.717) is 30.2 Å². The lowest BCUT2D eigenvalue weighted by Gasteiger charge is -2.13. The number of benzene rings is 2. The van der Waals surface area contributed by atoms with Gasteiger partial charge in [-0.15, -0.1) is 0 Å². The largest absolute Gasteiger partial charge is 0.483 e. The van der Waals surface area contributed by atoms with Gasteiger partial charge in [-0.3, -0.25) is 9.59 Å². The number of hydrogen-bond donors (Lipinski definition) is 2. The van der Waals surface area contributed by atoms with E-state index >= 15 is 0 Å². The van der Waals surface area contributed by atoms with Crippen LogP contribution in [0.2, 0.25) is 0 Å². The Morgan fingerprint density at radius 3 is 2.34 bits per heavy atom. The molecule has 2 rings (SSSR count). The fourth-order valence-electron chi connectivity index (χ4n) is 2.74. The third kappa shape index (κ3) is 7.97. The molecule has 0 spiro atoms. The molecule has 9 heteroatoms. The minimum absolute atomic E-state index is 0.148. The minimum atomic E-state index is -3.59. The lowest BCUT2D eigenvalue weighted by Crippen LogP contribution is -2.27. The van der Waals surface area contributed by atoms with E-state index in [1.807, 2.05) is 13.8 Å². The Labute approximate surface area is 189 Å². The number of carbonyl (C=O) groups is 2. The summed E-state index contributed by atoms with van der Waals surface area (Å²) < 4.78 is 37.7. The summed E-state index contributed by atoms with van der Waals surface area (Å²) in [7, 11) is -3.59. The van der Waals surface area contributed by atoms with Crippen LogP contribution in [0.4, 0.5) is 5.69 Å². The average molecular weight is 463 g/mol. The number of anilines is 1. The Bertz CT molecular complexity index is 1030. The molecule has 0 bridgehead atoms. The second-order valence-corrected chi connectivity index (χ2v) is 9.46. The smallest absolute Gasteiger partial charge is 0.310 e. The van der Waals surface area contributed by atoms with Crippen molar-refractivity contribution in [2.75, 3.05) is 25.1 Å². The maximum Gasteiger partial charge on any atom is 0.310 e. The van der Waals surface area contributed by atoms with Crippen molar-refractivity contribution in [3.8, 4) is 5.75 Å². The number of ether oxygens (including phenoxy) is 2. The molecule has 1 amide bonds. The van der Waals surface area contributed by atoms with Crippen LogP contribution in [-0.2, 0) is 30.8 Å². The van der Waals surface area contributed by atoms with Gasteiger partial charge in [-0.2, -0.15) is 0 Å². The molecule has 0 aliphatic carbocycles. The standard InChI is InChI=1S/C23H30N2O6S/c1-5-30-23(27)13-18-6-8-19(9-7-18)25-22(26)15-31-21-11-10-20(12-17(21)4)32(28,29)24-14-16(2)3/h6-12,16,24H,5,13-15H2,1-4H3,(H,25,26). The molecule has 0 heterocycles. The summed E-state index contributed by atoms with van der Waals surface area (Å²) in [5.74, 6) is -0.0473. The zero-order chi connectivity index (χ0) is 23.7. The molecule has 8 nitrogen and oxygen atoms in total. The summed E-state index contributed by atoms with van der Waals surface area (Å²) in [6.45, 7) is 7.77. The van der Waals surface area contributed by atoms with Crippen molar-refractivity contribution in [2.24, 2.45) is 5.92 Å². The lowest BCUT2D eigenvalue weighted by molar-refractivity contribution is -0.142. The first-order chi connectivity index (χ1) is 15.1. The minimum Gasteiger partial charge on any atom is -0.483 e. The van der Waals surface area contributed by atoms with Crippen LogP contribution in [0.3, 0.4) is 0 Å². The third-order valence-electron chi connectivity index (χ3n) is 4.39. The summed E-state index contributed by atoms with van der Waals surface area (Å²) in [5, 5.41) is 2.71. The monoisotopic (exact) mass is 462 g/mol. The van der Waals surface area contributed by atoms with E-state index in [0.717, 1.165) is 5.56 Å². The van der Waals surface area contributed by atoms with Crippen LogP contribution in [0, 0.1) is 12.8 Å². The molecule has 2 N–H and O–H groups in total. The van der Waals surface area contributed by atoms with E-state index in [1.165, 1.54) is 18.2 Å². The third-order valence-corrected chi connectivity index (χ3v) is 5.81. The molecular formula is C23H30N2O6S. The SMILES string of the molecule is CCOC(=O)Cc1ccc(NC(=O)COc2ccc(S(=O)(=O)NCC(C)C)cc2C)cc1. The Balaban J connectivity index is 1.90. The number of aryl methyl sites for hydroxylation is 1. The molecule has 0 unspecified atom stereocenters. The molecule has 0 saturated heterocycles. The van der Waals surface area contributed by atoms with E-state index in [-0.39, 0.29) is 35.7 Å². The molecule has 0 saturated carbocycles. The number of rotatable bonds is 11. The quantitative estimate of drug-likeness (QED) is 0.497. The molecule has 0 atom stereocenters. The van der Waals surface area contributed by atoms with E-state index in [2.05, 4.69) is 10.0 Å². The molecule has 0 aromatic heterocycles. The van der Waals surface area contributed by atoms with Crippen LogP contribution in [0.5, 0.6) is 5.75 Å². The molecule has 2 aromatic rings. The second kappa shape index (κ2) is 11.6. The van der Waals surface area contributed by atoms with Gasteiger partial charge in [0.05, 0.1) is 17.9 Å². The molecule has 174 valence electrons. The van der Waals surface area contributed by atoms with Crippen LogP contribution in [0.1, 0.15) is 31.9 Å². The lowest BCUT2D eigenvalue weighted by atomic mass is 10.1. The fraction of sp³-hybridized carbons (Fsp3) is 0.391. The van der Waals surface area contributed by atoms with Crippen LogP contribution in [0.25, 0.3) is 0 Å². The van der Waals surface area contributed by atoms with Gasteiger partial charge in [0.2, 0.25) is 10.0 Å². The normalized spacial score (nSPS) is 11.3. The van der Waals surface area contributed by atoms with Crippen molar-refractivity contribution in [2.45, 2.75) is 39.0 Å². The van der Waals surface area contributed by atoms with Gasteiger partial charge in [0.25, 0.3) is 5.91 Å². The van der Waals surface area contributed by atoms with Gasteiger partial charge in [0, 0.05) is 12.2 Å². The summed E-state index contributed by atoms with van der Waals surface area (Å²) in [5.41, 5.74) is 1.96. The highest BCUT2D eigenvalue weighted by Gasteiger charge is 2.16. The van der Waals surface area contributed by atoms with Crippen molar-refractivity contribution in [3.05, 3.63) is 53.6 Å². The van der Waals surface area contributed by atoms with Gasteiger partial charge >= 0.3 is 5.97 Å². The highest BCUT2D eigenvalue weighted by atomic mass is 32.2. The predicted octanol–water partition coefficient (Wildman–Crippen LogP) is 3.05. The Morgan fingerprint density at radius 1 is 1.06 bits per heavy atom. The molecule has 0 radical (unpaired) electrons. The predicted molar refractivity (Wildman–Crippen MR) is 122 cm³/mol. The zero-order valence-electron chi connectivity index (χ0n) is 18.8. The fourth-order valence-corrected chi connectivity index (χ4v) is 4.03. The van der Waals surface area contributed by atoms with Gasteiger partial charge in [0.15, 0.2) is 6.61 Å². The summed E-state index contributed by atoms with van der Waals surface area (Å²) in [6.07, 6.45) is 0.170. The number of amides is 1. The van der Waals surface area contributed by atoms with Gasteiger partial charge in [-0.05, 0) is 61.2 Å². The molecule has 2 aromatic carbocycles. The number of hydrogen-bond acceptors (Lipinski definition) is 6. The van der Waals surface area contributed by atoms with Crippen LogP contribution in [-0.4, -0.2) is 40.1 Å². The van der Waals surface area contributed by atoms with E-state index in [4.69, 9.17) is 9.47 Å². The second-order valence-electron chi connectivity index (χ2n) is 7.69. The number of esters is 1. The average Bonchev–Trinajstić information content (AvgIpc) is 2.73. The van der Waals surface area contributed by atoms with Gasteiger partial charge < -0.3 is 14.8 Å². The zero-order valence-corrected chi connectivity index (χ0v) is 19.6. The van der Waals surface area contributed by atoms with Crippen LogP contribution in [0.15, 0.2) is 47.4 Å². The van der Waals surface area contributed by atoms with Crippen molar-refractivity contribution >= 4 is 27.6 Å².